The molecule has 0 radical (unpaired) electrons. The first-order valence-electron chi connectivity index (χ1n) is 22.0. The zero-order valence-electron chi connectivity index (χ0n) is 35.3. The van der Waals surface area contributed by atoms with E-state index in [1.165, 1.54) is 166 Å². The van der Waals surface area contributed by atoms with Crippen LogP contribution in [-0.2, 0) is 33.1 Å². The minimum absolute atomic E-state index is 0. The van der Waals surface area contributed by atoms with E-state index in [1.807, 2.05) is 36.4 Å². The van der Waals surface area contributed by atoms with Gasteiger partial charge < -0.3 is 9.11 Å². The number of hydrogen-bond donors (Lipinski definition) is 0. The summed E-state index contributed by atoms with van der Waals surface area (Å²) in [7, 11) is -8.82. The molecule has 0 aromatic heterocycles. The fourth-order valence-corrected chi connectivity index (χ4v) is 8.69. The van der Waals surface area contributed by atoms with Crippen LogP contribution in [0, 0.1) is 0 Å². The Hall–Kier alpha value is -1.52. The molecule has 0 unspecified atom stereocenters. The van der Waals surface area contributed by atoms with Gasteiger partial charge in [0.1, 0.15) is 20.2 Å². The largest absolute Gasteiger partial charge is 2.00 e. The molecule has 0 aliphatic heterocycles. The first kappa shape index (κ1) is 51.6. The van der Waals surface area contributed by atoms with Crippen LogP contribution >= 0.6 is 0 Å². The van der Waals surface area contributed by atoms with Gasteiger partial charge in [-0.1, -0.05) is 204 Å². The molecule has 0 spiro atoms. The summed E-state index contributed by atoms with van der Waals surface area (Å²) >= 11 is 0. The summed E-state index contributed by atoms with van der Waals surface area (Å²) in [5.41, 5.74) is 2.27. The molecule has 4 rings (SSSR count). The number of benzene rings is 4. The van der Waals surface area contributed by atoms with Crippen molar-refractivity contribution in [2.75, 3.05) is 0 Å². The van der Waals surface area contributed by atoms with E-state index in [9.17, 15) is 25.9 Å². The molecule has 0 fully saturated rings. The summed E-state index contributed by atoms with van der Waals surface area (Å²) in [6.45, 7) is 4.52. The number of rotatable bonds is 28. The molecule has 6 nitrogen and oxygen atoms in total. The fourth-order valence-electron chi connectivity index (χ4n) is 7.69. The second kappa shape index (κ2) is 29.7. The van der Waals surface area contributed by atoms with Gasteiger partial charge in [0, 0.05) is 0 Å². The van der Waals surface area contributed by atoms with Gasteiger partial charge in [-0.15, -0.1) is 0 Å². The van der Waals surface area contributed by atoms with E-state index < -0.39 is 20.2 Å². The van der Waals surface area contributed by atoms with Gasteiger partial charge in [-0.25, -0.2) is 16.8 Å². The van der Waals surface area contributed by atoms with Crippen molar-refractivity contribution in [1.82, 2.24) is 0 Å². The van der Waals surface area contributed by atoms with Crippen molar-refractivity contribution in [3.8, 4) is 0 Å². The van der Waals surface area contributed by atoms with Crippen LogP contribution in [0.2, 0.25) is 0 Å². The summed E-state index contributed by atoms with van der Waals surface area (Å²) in [6, 6.07) is 21.3. The van der Waals surface area contributed by atoms with Crippen LogP contribution in [0.25, 0.3) is 21.5 Å². The van der Waals surface area contributed by atoms with Gasteiger partial charge in [-0.2, -0.15) is 0 Å². The maximum atomic E-state index is 11.3. The first-order valence-corrected chi connectivity index (χ1v) is 24.8. The first-order chi connectivity index (χ1) is 27.0. The zero-order chi connectivity index (χ0) is 40.5. The van der Waals surface area contributed by atoms with Crippen molar-refractivity contribution >= 4 is 79.5 Å². The number of aryl methyl sites for hydroxylation is 2. The topological polar surface area (TPSA) is 114 Å². The minimum atomic E-state index is -4.41. The maximum absolute atomic E-state index is 11.3. The van der Waals surface area contributed by atoms with E-state index in [4.69, 9.17) is 0 Å². The van der Waals surface area contributed by atoms with Crippen molar-refractivity contribution in [2.24, 2.45) is 0 Å². The van der Waals surface area contributed by atoms with E-state index in [0.717, 1.165) is 58.4 Å². The molecule has 57 heavy (non-hydrogen) atoms. The van der Waals surface area contributed by atoms with Crippen LogP contribution in [0.3, 0.4) is 0 Å². The van der Waals surface area contributed by atoms with Crippen LogP contribution in [0.5, 0.6) is 0 Å². The standard InChI is InChI=1S/2C24H36O3S.Ca/c2*1-2-3-4-5-6-7-8-9-10-11-12-13-15-21-16-14-17-22-18-19-23(20-24(21)22)28(25,26)27;/h2*14,16-20H,2-13,15H2,1H3,(H,25,26,27);/q;;+2/p-2. The average molecular weight is 847 g/mol. The Bertz CT molecular complexity index is 1770. The van der Waals surface area contributed by atoms with Crippen molar-refractivity contribution < 1.29 is 25.9 Å². The van der Waals surface area contributed by atoms with Crippen molar-refractivity contribution in [3.05, 3.63) is 83.9 Å². The van der Waals surface area contributed by atoms with E-state index >= 15 is 0 Å². The Morgan fingerprint density at radius 2 is 0.667 bits per heavy atom. The third-order valence-electron chi connectivity index (χ3n) is 11.1. The number of hydrogen-bond acceptors (Lipinski definition) is 6. The van der Waals surface area contributed by atoms with Gasteiger partial charge >= 0.3 is 37.7 Å². The van der Waals surface area contributed by atoms with Gasteiger partial charge in [-0.3, -0.25) is 0 Å². The molecular weight excluding hydrogens is 777 g/mol. The van der Waals surface area contributed by atoms with E-state index in [2.05, 4.69) is 13.8 Å². The van der Waals surface area contributed by atoms with Gasteiger partial charge in [0.2, 0.25) is 0 Å². The molecule has 0 amide bonds. The molecule has 4 aromatic carbocycles. The summed E-state index contributed by atoms with van der Waals surface area (Å²) in [6.07, 6.45) is 33.5. The summed E-state index contributed by atoms with van der Waals surface area (Å²) in [5, 5.41) is 3.76. The summed E-state index contributed by atoms with van der Waals surface area (Å²) < 4.78 is 67.8. The van der Waals surface area contributed by atoms with Gasteiger partial charge in [0.25, 0.3) is 0 Å². The van der Waals surface area contributed by atoms with Crippen LogP contribution in [-0.4, -0.2) is 63.7 Å². The molecule has 9 heteroatoms. The smallest absolute Gasteiger partial charge is 0.744 e. The molecule has 0 heterocycles. The van der Waals surface area contributed by atoms with E-state index in [1.54, 1.807) is 12.1 Å². The van der Waals surface area contributed by atoms with Gasteiger partial charge in [-0.05, 0) is 82.6 Å². The quantitative estimate of drug-likeness (QED) is 0.0319. The van der Waals surface area contributed by atoms with Crippen LogP contribution < -0.4 is 0 Å². The molecule has 0 atom stereocenters. The van der Waals surface area contributed by atoms with Gasteiger partial charge in [0.05, 0.1) is 9.79 Å². The molecule has 0 N–H and O–H groups in total. The molecule has 4 aromatic rings. The second-order valence-corrected chi connectivity index (χ2v) is 18.5. The maximum Gasteiger partial charge on any atom is 2.00 e. The Morgan fingerprint density at radius 3 is 0.947 bits per heavy atom. The summed E-state index contributed by atoms with van der Waals surface area (Å²) in [5.74, 6) is 0. The molecule has 0 saturated carbocycles. The zero-order valence-corrected chi connectivity index (χ0v) is 39.1. The van der Waals surface area contributed by atoms with E-state index in [0.29, 0.717) is 0 Å². The molecule has 0 aliphatic carbocycles. The predicted molar refractivity (Wildman–Crippen MR) is 239 cm³/mol. The van der Waals surface area contributed by atoms with Gasteiger partial charge in [0.15, 0.2) is 0 Å². The van der Waals surface area contributed by atoms with Crippen LogP contribution in [0.4, 0.5) is 0 Å². The molecule has 0 aliphatic rings. The van der Waals surface area contributed by atoms with Crippen LogP contribution in [0.1, 0.15) is 179 Å². The predicted octanol–water partition coefficient (Wildman–Crippen LogP) is 13.6. The molecular formula is C48H70CaO6S2. The Balaban J connectivity index is 0.000000387. The average Bonchev–Trinajstić information content (AvgIpc) is 3.18. The molecule has 0 saturated heterocycles. The van der Waals surface area contributed by atoms with E-state index in [-0.39, 0.29) is 47.5 Å². The number of fused-ring (bicyclic) bond motifs is 2. The third-order valence-corrected chi connectivity index (χ3v) is 12.7. The third kappa shape index (κ3) is 21.0. The Kier molecular flexibility index (Phi) is 26.9. The SMILES string of the molecule is CCCCCCCCCCCCCCc1cccc2ccc(S(=O)(=O)[O-])cc12.CCCCCCCCCCCCCCc1cccc2ccc(S(=O)(=O)[O-])cc12.[Ca+2]. The Labute approximate surface area is 376 Å². The van der Waals surface area contributed by atoms with Crippen molar-refractivity contribution in [1.29, 1.82) is 0 Å². The Morgan fingerprint density at radius 1 is 0.386 bits per heavy atom. The number of unbranched alkanes of at least 4 members (excludes halogenated alkanes) is 22. The van der Waals surface area contributed by atoms with Crippen molar-refractivity contribution in [3.63, 3.8) is 0 Å². The normalized spacial score (nSPS) is 11.7. The minimum Gasteiger partial charge on any atom is -0.744 e. The summed E-state index contributed by atoms with van der Waals surface area (Å²) in [4.78, 5) is -0.274. The molecule has 0 bridgehead atoms. The fraction of sp³-hybridized carbons (Fsp3) is 0.583. The monoisotopic (exact) mass is 846 g/mol. The second-order valence-electron chi connectivity index (χ2n) is 15.8. The van der Waals surface area contributed by atoms with Crippen LogP contribution in [0.15, 0.2) is 82.6 Å². The van der Waals surface area contributed by atoms with Crippen molar-refractivity contribution in [2.45, 2.75) is 191 Å². The molecule has 312 valence electrons.